The van der Waals surface area contributed by atoms with Crippen LogP contribution in [-0.4, -0.2) is 53.5 Å². The molecule has 0 spiro atoms. The highest BCUT2D eigenvalue weighted by Gasteiger charge is 2.31. The summed E-state index contributed by atoms with van der Waals surface area (Å²) in [5.74, 6) is 0.852. The third-order valence-electron chi connectivity index (χ3n) is 7.10. The van der Waals surface area contributed by atoms with Crippen molar-refractivity contribution in [3.05, 3.63) is 64.3 Å². The summed E-state index contributed by atoms with van der Waals surface area (Å²) in [5, 5.41) is 11.4. The number of nitrogens with zero attached hydrogens (tertiary/aromatic N) is 2. The van der Waals surface area contributed by atoms with E-state index in [9.17, 15) is 9.90 Å². The zero-order valence-electron chi connectivity index (χ0n) is 20.7. The smallest absolute Gasteiger partial charge is 0.303 e. The number of aliphatic carboxylic acids is 1. The van der Waals surface area contributed by atoms with Crippen molar-refractivity contribution in [2.75, 3.05) is 32.5 Å². The lowest BCUT2D eigenvalue weighted by Gasteiger charge is -2.38. The molecule has 198 valence electrons. The van der Waals surface area contributed by atoms with Gasteiger partial charge in [0.15, 0.2) is 0 Å². The van der Waals surface area contributed by atoms with Crippen molar-refractivity contribution in [1.82, 2.24) is 9.88 Å². The lowest BCUT2D eigenvalue weighted by Crippen LogP contribution is -2.42. The molecule has 0 saturated carbocycles. The van der Waals surface area contributed by atoms with Crippen LogP contribution in [-0.2, 0) is 4.79 Å². The van der Waals surface area contributed by atoms with Crippen molar-refractivity contribution < 1.29 is 19.0 Å². The van der Waals surface area contributed by atoms with E-state index in [1.54, 1.807) is 37.2 Å². The van der Waals surface area contributed by atoms with E-state index >= 15 is 4.39 Å². The normalized spacial score (nSPS) is 19.1. The Morgan fingerprint density at radius 3 is 2.89 bits per heavy atom. The van der Waals surface area contributed by atoms with Gasteiger partial charge in [0, 0.05) is 41.7 Å². The van der Waals surface area contributed by atoms with E-state index in [2.05, 4.69) is 9.88 Å². The molecule has 0 radical (unpaired) electrons. The minimum absolute atomic E-state index is 0.00696. The Morgan fingerprint density at radius 2 is 2.11 bits per heavy atom. The molecule has 3 aromatic rings. The molecule has 2 aromatic carbocycles. The molecule has 1 fully saturated rings. The van der Waals surface area contributed by atoms with E-state index < -0.39 is 12.1 Å². The highest BCUT2D eigenvalue weighted by molar-refractivity contribution is 7.99. The fourth-order valence-corrected chi connectivity index (χ4v) is 6.64. The van der Waals surface area contributed by atoms with Crippen molar-refractivity contribution in [2.45, 2.75) is 36.8 Å². The van der Waals surface area contributed by atoms with E-state index in [0.717, 1.165) is 41.1 Å². The lowest BCUT2D eigenvalue weighted by molar-refractivity contribution is -0.139. The zero-order valence-corrected chi connectivity index (χ0v) is 23.0. The van der Waals surface area contributed by atoms with Crippen LogP contribution in [0.2, 0.25) is 10.0 Å². The predicted molar refractivity (Wildman–Crippen MR) is 149 cm³/mol. The first kappa shape index (κ1) is 28.0. The Morgan fingerprint density at radius 1 is 1.27 bits per heavy atom. The highest BCUT2D eigenvalue weighted by Crippen LogP contribution is 2.37. The SMILES string of the molecule is COc1ccc2nccc([C@@H](F)CC[C@@H]3CCN(CCSc4cccc(Cl)c4Cl)C[C@@H]3CC(=O)O)c2c1. The number of carboxylic acid groups (broad SMARTS) is 1. The molecule has 1 aromatic heterocycles. The van der Waals surface area contributed by atoms with E-state index in [1.807, 2.05) is 30.3 Å². The summed E-state index contributed by atoms with van der Waals surface area (Å²) < 4.78 is 20.8. The first-order valence-electron chi connectivity index (χ1n) is 12.4. The number of pyridine rings is 1. The molecular weight excluding hydrogens is 534 g/mol. The van der Waals surface area contributed by atoms with Crippen molar-refractivity contribution in [3.8, 4) is 5.75 Å². The van der Waals surface area contributed by atoms with Gasteiger partial charge in [-0.1, -0.05) is 29.3 Å². The van der Waals surface area contributed by atoms with Gasteiger partial charge in [0.1, 0.15) is 11.9 Å². The van der Waals surface area contributed by atoms with Crippen LogP contribution in [0, 0.1) is 11.8 Å². The maximum absolute atomic E-state index is 15.5. The molecule has 3 atom stereocenters. The van der Waals surface area contributed by atoms with Crippen LogP contribution in [0.3, 0.4) is 0 Å². The highest BCUT2D eigenvalue weighted by atomic mass is 35.5. The van der Waals surface area contributed by atoms with Crippen molar-refractivity contribution in [1.29, 1.82) is 0 Å². The number of carboxylic acids is 1. The third kappa shape index (κ3) is 7.29. The van der Waals surface area contributed by atoms with Gasteiger partial charge in [0.05, 0.1) is 22.7 Å². The van der Waals surface area contributed by atoms with Crippen LogP contribution in [0.4, 0.5) is 4.39 Å². The molecule has 1 aliphatic heterocycles. The molecule has 4 rings (SSSR count). The minimum Gasteiger partial charge on any atom is -0.497 e. The van der Waals surface area contributed by atoms with Crippen LogP contribution in [0.5, 0.6) is 5.75 Å². The standard InChI is InChI=1S/C28H31Cl2FN2O3S/c1-36-20-6-8-25-22(16-20)21(9-11-32-25)24(31)7-5-18-10-12-33(17-19(18)15-27(34)35)13-14-37-26-4-2-3-23(29)28(26)30/h2-4,6,8-9,11,16,18-19,24H,5,7,10,12-15,17H2,1H3,(H,34,35)/t18-,19+,24+/m1/s1. The van der Waals surface area contributed by atoms with Crippen LogP contribution in [0.15, 0.2) is 53.6 Å². The number of halogens is 3. The molecule has 0 amide bonds. The summed E-state index contributed by atoms with van der Waals surface area (Å²) in [4.78, 5) is 19.2. The number of hydrogen-bond acceptors (Lipinski definition) is 5. The number of aromatic nitrogens is 1. The number of ether oxygens (including phenoxy) is 1. The Labute approximate surface area is 231 Å². The van der Waals surface area contributed by atoms with Crippen LogP contribution >= 0.6 is 35.0 Å². The van der Waals surface area contributed by atoms with Gasteiger partial charge in [-0.15, -0.1) is 11.8 Å². The Hall–Kier alpha value is -2.06. The number of alkyl halides is 1. The summed E-state index contributed by atoms with van der Waals surface area (Å²) in [6, 6.07) is 12.8. The number of thioether (sulfide) groups is 1. The topological polar surface area (TPSA) is 62.7 Å². The fraction of sp³-hybridized carbons (Fsp3) is 0.429. The summed E-state index contributed by atoms with van der Waals surface area (Å²) in [6.45, 7) is 2.40. The molecule has 2 heterocycles. The second kappa shape index (κ2) is 13.1. The van der Waals surface area contributed by atoms with E-state index in [-0.39, 0.29) is 18.3 Å². The second-order valence-corrected chi connectivity index (χ2v) is 11.4. The number of hydrogen-bond donors (Lipinski definition) is 1. The number of rotatable bonds is 11. The fourth-order valence-electron chi connectivity index (χ4n) is 5.14. The largest absolute Gasteiger partial charge is 0.497 e. The number of benzene rings is 2. The Bertz CT molecular complexity index is 1230. The second-order valence-electron chi connectivity index (χ2n) is 9.44. The number of likely N-dealkylation sites (tertiary alicyclic amines) is 1. The summed E-state index contributed by atoms with van der Waals surface area (Å²) >= 11 is 14.1. The number of fused-ring (bicyclic) bond motifs is 1. The maximum Gasteiger partial charge on any atom is 0.303 e. The maximum atomic E-state index is 15.5. The Balaban J connectivity index is 1.35. The van der Waals surface area contributed by atoms with Crippen molar-refractivity contribution in [3.63, 3.8) is 0 Å². The van der Waals surface area contributed by atoms with E-state index in [1.165, 1.54) is 0 Å². The molecule has 9 heteroatoms. The molecule has 1 N–H and O–H groups in total. The Kier molecular flexibility index (Phi) is 9.93. The van der Waals surface area contributed by atoms with Gasteiger partial charge in [0.25, 0.3) is 0 Å². The number of piperidine rings is 1. The molecule has 0 unspecified atom stereocenters. The zero-order chi connectivity index (χ0) is 26.4. The quantitative estimate of drug-likeness (QED) is 0.242. The van der Waals surface area contributed by atoms with Crippen LogP contribution in [0.1, 0.15) is 37.4 Å². The number of methoxy groups -OCH3 is 1. The first-order valence-corrected chi connectivity index (χ1v) is 14.2. The van der Waals surface area contributed by atoms with Crippen LogP contribution < -0.4 is 4.74 Å². The van der Waals surface area contributed by atoms with Gasteiger partial charge in [-0.3, -0.25) is 9.78 Å². The molecule has 1 aliphatic rings. The summed E-state index contributed by atoms with van der Waals surface area (Å²) in [6.07, 6.45) is 2.43. The van der Waals surface area contributed by atoms with Gasteiger partial charge in [-0.25, -0.2) is 4.39 Å². The molecule has 5 nitrogen and oxygen atoms in total. The number of carbonyl (C=O) groups is 1. The first-order chi connectivity index (χ1) is 17.9. The van der Waals surface area contributed by atoms with Gasteiger partial charge in [0.2, 0.25) is 0 Å². The molecule has 37 heavy (non-hydrogen) atoms. The summed E-state index contributed by atoms with van der Waals surface area (Å²) in [5.41, 5.74) is 1.34. The van der Waals surface area contributed by atoms with E-state index in [4.69, 9.17) is 27.9 Å². The van der Waals surface area contributed by atoms with Crippen molar-refractivity contribution in [2.24, 2.45) is 11.8 Å². The van der Waals surface area contributed by atoms with Gasteiger partial charge in [-0.2, -0.15) is 0 Å². The minimum atomic E-state index is -1.15. The van der Waals surface area contributed by atoms with Gasteiger partial charge >= 0.3 is 5.97 Å². The predicted octanol–water partition coefficient (Wildman–Crippen LogP) is 7.55. The van der Waals surface area contributed by atoms with Crippen LogP contribution in [0.25, 0.3) is 10.9 Å². The monoisotopic (exact) mass is 564 g/mol. The lowest BCUT2D eigenvalue weighted by atomic mass is 9.79. The molecule has 0 aliphatic carbocycles. The average Bonchev–Trinajstić information content (AvgIpc) is 2.89. The van der Waals surface area contributed by atoms with E-state index in [0.29, 0.717) is 40.7 Å². The molecule has 0 bridgehead atoms. The average molecular weight is 566 g/mol. The third-order valence-corrected chi connectivity index (χ3v) is 9.07. The molecule has 1 saturated heterocycles. The molecular formula is C28H31Cl2FN2O3S. The van der Waals surface area contributed by atoms with Gasteiger partial charge in [-0.05, 0) is 79.6 Å². The summed E-state index contributed by atoms with van der Waals surface area (Å²) in [7, 11) is 1.59. The van der Waals surface area contributed by atoms with Gasteiger partial charge < -0.3 is 14.7 Å². The van der Waals surface area contributed by atoms with Crippen molar-refractivity contribution >= 4 is 51.8 Å².